The largest absolute Gasteiger partial charge is 0.0622 e. The topological polar surface area (TPSA) is 0 Å². The first kappa shape index (κ1) is 27.5. The predicted octanol–water partition coefficient (Wildman–Crippen LogP) is 8.18. The molecular weight excluding hydrogens is 549 g/mol. The lowest BCUT2D eigenvalue weighted by atomic mass is 10.4. The molecule has 0 saturated carbocycles. The van der Waals surface area contributed by atoms with Crippen LogP contribution in [-0.4, -0.2) is 0 Å². The van der Waals surface area contributed by atoms with E-state index < -0.39 is 23.8 Å². The molecule has 0 unspecified atom stereocenters. The lowest BCUT2D eigenvalue weighted by molar-refractivity contribution is 1.74. The Morgan fingerprint density at radius 3 is 0.756 bits per heavy atom. The summed E-state index contributed by atoms with van der Waals surface area (Å²) < 4.78 is 0. The summed E-state index contributed by atoms with van der Waals surface area (Å²) in [5.74, 6) is 2.68. The van der Waals surface area contributed by atoms with E-state index in [2.05, 4.69) is 188 Å². The lowest BCUT2D eigenvalue weighted by Crippen LogP contribution is -2.19. The summed E-state index contributed by atoms with van der Waals surface area (Å²) in [4.78, 5) is 0. The Bertz CT molecular complexity index is 1450. The number of benzene rings is 6. The molecule has 198 valence electrons. The van der Waals surface area contributed by atoms with E-state index >= 15 is 0 Å². The van der Waals surface area contributed by atoms with Crippen molar-refractivity contribution < 1.29 is 0 Å². The molecule has 0 aliphatic carbocycles. The summed E-state index contributed by atoms with van der Waals surface area (Å²) in [6, 6.07) is 66.8. The van der Waals surface area contributed by atoms with Gasteiger partial charge < -0.3 is 0 Å². The zero-order chi connectivity index (χ0) is 27.7. The first-order valence-corrected chi connectivity index (χ1v) is 17.9. The van der Waals surface area contributed by atoms with Crippen LogP contribution in [0.2, 0.25) is 0 Å². The molecule has 0 N–H and O–H groups in total. The molecule has 0 aromatic heterocycles. The Balaban J connectivity index is 1.68. The fourth-order valence-corrected chi connectivity index (χ4v) is 14.1. The highest BCUT2D eigenvalue weighted by molar-refractivity contribution is 7.95. The Hall–Kier alpha value is -3.65. The van der Waals surface area contributed by atoms with Gasteiger partial charge in [0.1, 0.15) is 0 Å². The highest BCUT2D eigenvalue weighted by Crippen LogP contribution is 2.62. The average molecular weight is 581 g/mol. The van der Waals surface area contributed by atoms with Crippen LogP contribution in [0.5, 0.6) is 0 Å². The third kappa shape index (κ3) is 6.64. The van der Waals surface area contributed by atoms with E-state index in [-0.39, 0.29) is 0 Å². The highest BCUT2D eigenvalue weighted by Gasteiger charge is 2.29. The molecule has 0 nitrogen and oxygen atoms in total. The van der Waals surface area contributed by atoms with Crippen LogP contribution in [0.25, 0.3) is 0 Å². The molecule has 0 radical (unpaired) electrons. The van der Waals surface area contributed by atoms with Gasteiger partial charge in [0.2, 0.25) is 0 Å². The van der Waals surface area contributed by atoms with E-state index in [1.54, 1.807) is 0 Å². The van der Waals surface area contributed by atoms with Crippen molar-refractivity contribution in [2.24, 2.45) is 0 Å². The third-order valence-corrected chi connectivity index (χ3v) is 15.1. The van der Waals surface area contributed by atoms with Gasteiger partial charge in [-0.2, -0.15) is 0 Å². The van der Waals surface area contributed by atoms with Gasteiger partial charge in [-0.15, -0.1) is 0 Å². The molecule has 6 aromatic rings. The van der Waals surface area contributed by atoms with Gasteiger partial charge in [0.05, 0.1) is 0 Å². The third-order valence-electron chi connectivity index (χ3n) is 6.83. The molecule has 0 saturated heterocycles. The van der Waals surface area contributed by atoms with Crippen molar-refractivity contribution in [2.75, 3.05) is 0 Å². The zero-order valence-electron chi connectivity index (χ0n) is 22.7. The smallest absolute Gasteiger partial charge is 0.00351 e. The molecule has 41 heavy (non-hydrogen) atoms. The first-order valence-electron chi connectivity index (χ1n) is 13.8. The van der Waals surface area contributed by atoms with Crippen LogP contribution in [-0.2, 0) is 0 Å². The van der Waals surface area contributed by atoms with E-state index in [0.717, 1.165) is 0 Å². The Morgan fingerprint density at radius 2 is 0.512 bits per heavy atom. The van der Waals surface area contributed by atoms with E-state index in [1.165, 1.54) is 36.9 Å². The van der Waals surface area contributed by atoms with Crippen molar-refractivity contribution in [1.82, 2.24) is 0 Å². The van der Waals surface area contributed by atoms with E-state index in [1.807, 2.05) is 0 Å². The molecule has 0 aliphatic heterocycles. The SMILES string of the molecule is C(=C(P(c1ccccc1)c1ccccc1)P(c1ccccc1)c1ccccc1)P(c1ccccc1)c1ccccc1. The van der Waals surface area contributed by atoms with Crippen molar-refractivity contribution in [1.29, 1.82) is 0 Å². The monoisotopic (exact) mass is 580 g/mol. The molecule has 0 heterocycles. The quantitative estimate of drug-likeness (QED) is 0.151. The second-order valence-electron chi connectivity index (χ2n) is 9.54. The standard InChI is InChI=1S/C38H31P3/c1-7-19-32(20-8-1)39(33-21-9-2-10-22-33)31-38(40(34-23-11-3-12-24-34)35-25-13-4-14-26-35)41(36-27-15-5-16-28-36)37-29-17-6-18-30-37/h1-31H. The van der Waals surface area contributed by atoms with Crippen molar-refractivity contribution in [3.8, 4) is 0 Å². The maximum absolute atomic E-state index is 2.68. The Kier molecular flexibility index (Phi) is 9.27. The fraction of sp³-hybridized carbons (Fsp3) is 0. The van der Waals surface area contributed by atoms with Crippen LogP contribution in [0.1, 0.15) is 0 Å². The van der Waals surface area contributed by atoms with Gasteiger partial charge in [0.25, 0.3) is 0 Å². The minimum atomic E-state index is -0.808. The van der Waals surface area contributed by atoms with Crippen molar-refractivity contribution in [2.45, 2.75) is 0 Å². The summed E-state index contributed by atoms with van der Waals surface area (Å²) in [5.41, 5.74) is 0. The van der Waals surface area contributed by atoms with Gasteiger partial charge in [-0.25, -0.2) is 0 Å². The van der Waals surface area contributed by atoms with Gasteiger partial charge >= 0.3 is 0 Å². The van der Waals surface area contributed by atoms with Gasteiger partial charge in [0.15, 0.2) is 0 Å². The van der Waals surface area contributed by atoms with E-state index in [4.69, 9.17) is 0 Å². The summed E-state index contributed by atoms with van der Waals surface area (Å²) in [5, 5.41) is 9.82. The Morgan fingerprint density at radius 1 is 0.293 bits per heavy atom. The molecule has 0 aliphatic rings. The van der Waals surface area contributed by atoms with Gasteiger partial charge in [-0.3, -0.25) is 0 Å². The van der Waals surface area contributed by atoms with Gasteiger partial charge in [-0.1, -0.05) is 182 Å². The summed E-state index contributed by atoms with van der Waals surface area (Å²) in [6.45, 7) is 0. The van der Waals surface area contributed by atoms with Gasteiger partial charge in [0, 0.05) is 0 Å². The summed E-state index contributed by atoms with van der Waals surface area (Å²) in [7, 11) is -2.36. The second-order valence-corrected chi connectivity index (χ2v) is 16.3. The molecule has 0 amide bonds. The highest BCUT2D eigenvalue weighted by atomic mass is 31.2. The van der Waals surface area contributed by atoms with Gasteiger partial charge in [-0.05, 0) is 66.5 Å². The van der Waals surface area contributed by atoms with Crippen LogP contribution in [0.4, 0.5) is 0 Å². The molecule has 0 fully saturated rings. The van der Waals surface area contributed by atoms with Crippen LogP contribution < -0.4 is 31.8 Å². The predicted molar refractivity (Wildman–Crippen MR) is 185 cm³/mol. The van der Waals surface area contributed by atoms with Crippen molar-refractivity contribution in [3.63, 3.8) is 0 Å². The fourth-order valence-electron chi connectivity index (χ4n) is 4.94. The van der Waals surface area contributed by atoms with Crippen LogP contribution in [0, 0.1) is 0 Å². The molecule has 6 rings (SSSR count). The number of hydrogen-bond donors (Lipinski definition) is 0. The molecular formula is C38H31P3. The summed E-state index contributed by atoms with van der Waals surface area (Å²) in [6.07, 6.45) is 0. The summed E-state index contributed by atoms with van der Waals surface area (Å²) >= 11 is 0. The molecule has 0 atom stereocenters. The Labute approximate surface area is 247 Å². The van der Waals surface area contributed by atoms with E-state index in [9.17, 15) is 0 Å². The van der Waals surface area contributed by atoms with Crippen LogP contribution in [0.15, 0.2) is 193 Å². The van der Waals surface area contributed by atoms with Crippen molar-refractivity contribution in [3.05, 3.63) is 193 Å². The molecule has 6 aromatic carbocycles. The number of rotatable bonds is 9. The molecule has 0 spiro atoms. The lowest BCUT2D eigenvalue weighted by Gasteiger charge is -2.31. The minimum Gasteiger partial charge on any atom is -0.0622 e. The zero-order valence-corrected chi connectivity index (χ0v) is 25.4. The van der Waals surface area contributed by atoms with E-state index in [0.29, 0.717) is 0 Å². The van der Waals surface area contributed by atoms with Crippen LogP contribution in [0.3, 0.4) is 0 Å². The minimum absolute atomic E-state index is 0.746. The maximum Gasteiger partial charge on any atom is -0.00351 e. The maximum atomic E-state index is 2.68. The first-order chi connectivity index (χ1) is 20.4. The number of hydrogen-bond acceptors (Lipinski definition) is 0. The molecule has 0 bridgehead atoms. The average Bonchev–Trinajstić information content (AvgIpc) is 3.06. The van der Waals surface area contributed by atoms with Crippen molar-refractivity contribution >= 4 is 55.6 Å². The normalized spacial score (nSPS) is 11.1. The van der Waals surface area contributed by atoms with Crippen LogP contribution >= 0.6 is 23.8 Å². The second kappa shape index (κ2) is 13.8. The molecule has 3 heteroatoms.